The number of rotatable bonds is 3. The second-order valence-electron chi connectivity index (χ2n) is 4.30. The molecule has 1 aromatic carbocycles. The van der Waals surface area contributed by atoms with Gasteiger partial charge >= 0.3 is 0 Å². The maximum absolute atomic E-state index is 2.53. The van der Waals surface area contributed by atoms with E-state index in [0.717, 1.165) is 6.04 Å². The molecule has 1 fully saturated rings. The maximum atomic E-state index is 2.53. The van der Waals surface area contributed by atoms with Crippen molar-refractivity contribution in [1.29, 1.82) is 0 Å². The standard InChI is InChI=1S/C13H19N/c1-2-6-12(7-3-1)9-10-13-8-4-5-11-14-13/h1-3,6-7,13-14H,4-5,8-11H2/p+1/t13-/m1/s1. The van der Waals surface area contributed by atoms with Gasteiger partial charge in [0.25, 0.3) is 0 Å². The Hall–Kier alpha value is -0.820. The van der Waals surface area contributed by atoms with Gasteiger partial charge in [0, 0.05) is 6.42 Å². The average Bonchev–Trinajstić information content (AvgIpc) is 2.29. The Morgan fingerprint density at radius 3 is 2.71 bits per heavy atom. The number of piperidine rings is 1. The third kappa shape index (κ3) is 2.85. The van der Waals surface area contributed by atoms with Crippen molar-refractivity contribution in [2.75, 3.05) is 6.54 Å². The van der Waals surface area contributed by atoms with Gasteiger partial charge in [-0.2, -0.15) is 0 Å². The van der Waals surface area contributed by atoms with Crippen LogP contribution in [0.4, 0.5) is 0 Å². The van der Waals surface area contributed by atoms with E-state index in [9.17, 15) is 0 Å². The number of benzene rings is 1. The summed E-state index contributed by atoms with van der Waals surface area (Å²) >= 11 is 0. The van der Waals surface area contributed by atoms with E-state index in [1.807, 2.05) is 0 Å². The lowest BCUT2D eigenvalue weighted by atomic mass is 9.98. The Kier molecular flexibility index (Phi) is 3.58. The Morgan fingerprint density at radius 1 is 1.14 bits per heavy atom. The quantitative estimate of drug-likeness (QED) is 0.747. The van der Waals surface area contributed by atoms with Crippen LogP contribution in [0.15, 0.2) is 30.3 Å². The molecule has 1 aliphatic rings. The Morgan fingerprint density at radius 2 is 2.00 bits per heavy atom. The Bertz CT molecular complexity index is 249. The molecule has 76 valence electrons. The normalized spacial score (nSPS) is 22.1. The van der Waals surface area contributed by atoms with Gasteiger partial charge in [0.2, 0.25) is 0 Å². The zero-order chi connectivity index (χ0) is 9.64. The summed E-state index contributed by atoms with van der Waals surface area (Å²) in [6, 6.07) is 11.7. The minimum absolute atomic E-state index is 0.893. The summed E-state index contributed by atoms with van der Waals surface area (Å²) in [6.07, 6.45) is 6.89. The first-order valence-electron chi connectivity index (χ1n) is 5.82. The van der Waals surface area contributed by atoms with Crippen molar-refractivity contribution in [1.82, 2.24) is 0 Å². The molecule has 0 bridgehead atoms. The molecule has 2 rings (SSSR count). The predicted octanol–water partition coefficient (Wildman–Crippen LogP) is 1.74. The number of hydrogen-bond donors (Lipinski definition) is 1. The highest BCUT2D eigenvalue weighted by molar-refractivity contribution is 5.14. The van der Waals surface area contributed by atoms with Gasteiger partial charge in [0.1, 0.15) is 0 Å². The zero-order valence-corrected chi connectivity index (χ0v) is 8.78. The fourth-order valence-electron chi connectivity index (χ4n) is 2.28. The van der Waals surface area contributed by atoms with E-state index in [-0.39, 0.29) is 0 Å². The second kappa shape index (κ2) is 5.16. The summed E-state index contributed by atoms with van der Waals surface area (Å²) < 4.78 is 0. The fourth-order valence-corrected chi connectivity index (χ4v) is 2.28. The lowest BCUT2D eigenvalue weighted by Crippen LogP contribution is -2.91. The van der Waals surface area contributed by atoms with Crippen molar-refractivity contribution in [3.05, 3.63) is 35.9 Å². The summed E-state index contributed by atoms with van der Waals surface area (Å²) in [5, 5.41) is 2.53. The van der Waals surface area contributed by atoms with E-state index < -0.39 is 0 Å². The molecule has 0 unspecified atom stereocenters. The van der Waals surface area contributed by atoms with Crippen LogP contribution < -0.4 is 5.32 Å². The van der Waals surface area contributed by atoms with Crippen molar-refractivity contribution in [2.45, 2.75) is 38.1 Å². The summed E-state index contributed by atoms with van der Waals surface area (Å²) in [5.74, 6) is 0. The molecule has 0 spiro atoms. The van der Waals surface area contributed by atoms with Crippen LogP contribution >= 0.6 is 0 Å². The molecule has 1 aliphatic heterocycles. The smallest absolute Gasteiger partial charge is 0.0862 e. The van der Waals surface area contributed by atoms with Crippen LogP contribution in [-0.2, 0) is 6.42 Å². The molecule has 0 aromatic heterocycles. The van der Waals surface area contributed by atoms with Crippen LogP contribution in [0.3, 0.4) is 0 Å². The van der Waals surface area contributed by atoms with Crippen molar-refractivity contribution >= 4 is 0 Å². The lowest BCUT2D eigenvalue weighted by Gasteiger charge is -2.19. The van der Waals surface area contributed by atoms with E-state index in [1.54, 1.807) is 0 Å². The minimum atomic E-state index is 0.893. The van der Waals surface area contributed by atoms with E-state index in [4.69, 9.17) is 0 Å². The van der Waals surface area contributed by atoms with Crippen molar-refractivity contribution < 1.29 is 5.32 Å². The van der Waals surface area contributed by atoms with E-state index in [1.165, 1.54) is 44.2 Å². The molecule has 2 N–H and O–H groups in total. The van der Waals surface area contributed by atoms with Gasteiger partial charge in [-0.15, -0.1) is 0 Å². The number of hydrogen-bond acceptors (Lipinski definition) is 0. The summed E-state index contributed by atoms with van der Waals surface area (Å²) in [4.78, 5) is 0. The van der Waals surface area contributed by atoms with Crippen molar-refractivity contribution in [3.8, 4) is 0 Å². The average molecular weight is 190 g/mol. The van der Waals surface area contributed by atoms with Crippen LogP contribution in [-0.4, -0.2) is 12.6 Å². The van der Waals surface area contributed by atoms with Crippen LogP contribution in [0.2, 0.25) is 0 Å². The molecule has 1 aromatic rings. The van der Waals surface area contributed by atoms with Crippen molar-refractivity contribution in [2.24, 2.45) is 0 Å². The molecule has 0 amide bonds. The summed E-state index contributed by atoms with van der Waals surface area (Å²) in [6.45, 7) is 1.35. The lowest BCUT2D eigenvalue weighted by molar-refractivity contribution is -0.697. The zero-order valence-electron chi connectivity index (χ0n) is 8.78. The van der Waals surface area contributed by atoms with Gasteiger partial charge in [-0.1, -0.05) is 30.3 Å². The van der Waals surface area contributed by atoms with E-state index in [2.05, 4.69) is 35.6 Å². The molecule has 0 aliphatic carbocycles. The van der Waals surface area contributed by atoms with E-state index in [0.29, 0.717) is 0 Å². The van der Waals surface area contributed by atoms with Crippen LogP contribution in [0.5, 0.6) is 0 Å². The van der Waals surface area contributed by atoms with Crippen LogP contribution in [0.25, 0.3) is 0 Å². The molecule has 1 nitrogen and oxygen atoms in total. The Balaban J connectivity index is 1.76. The minimum Gasteiger partial charge on any atom is -0.344 e. The molecule has 0 saturated carbocycles. The highest BCUT2D eigenvalue weighted by atomic mass is 14.9. The highest BCUT2D eigenvalue weighted by Gasteiger charge is 2.15. The second-order valence-corrected chi connectivity index (χ2v) is 4.30. The Labute approximate surface area is 86.5 Å². The summed E-state index contributed by atoms with van der Waals surface area (Å²) in [5.41, 5.74) is 1.49. The molecule has 14 heavy (non-hydrogen) atoms. The SMILES string of the molecule is c1ccc(CC[C@H]2CCCC[NH2+]2)cc1. The van der Waals surface area contributed by atoms with Crippen molar-refractivity contribution in [3.63, 3.8) is 0 Å². The molecule has 0 radical (unpaired) electrons. The van der Waals surface area contributed by atoms with Gasteiger partial charge < -0.3 is 5.32 Å². The van der Waals surface area contributed by atoms with Gasteiger partial charge in [-0.25, -0.2) is 0 Å². The van der Waals surface area contributed by atoms with E-state index >= 15 is 0 Å². The largest absolute Gasteiger partial charge is 0.344 e. The van der Waals surface area contributed by atoms with Gasteiger partial charge in [-0.3, -0.25) is 0 Å². The monoisotopic (exact) mass is 190 g/mol. The molecular weight excluding hydrogens is 170 g/mol. The predicted molar refractivity (Wildman–Crippen MR) is 59.2 cm³/mol. The molecule has 1 heteroatoms. The maximum Gasteiger partial charge on any atom is 0.0862 e. The van der Waals surface area contributed by atoms with Gasteiger partial charge in [-0.05, 0) is 31.2 Å². The summed E-state index contributed by atoms with van der Waals surface area (Å²) in [7, 11) is 0. The third-order valence-electron chi connectivity index (χ3n) is 3.18. The molecule has 1 saturated heterocycles. The van der Waals surface area contributed by atoms with Gasteiger partial charge in [0.05, 0.1) is 12.6 Å². The number of aryl methyl sites for hydroxylation is 1. The first kappa shape index (κ1) is 9.72. The number of nitrogens with two attached hydrogens (primary N) is 1. The van der Waals surface area contributed by atoms with Crippen LogP contribution in [0.1, 0.15) is 31.2 Å². The molecular formula is C13H20N+. The third-order valence-corrected chi connectivity index (χ3v) is 3.18. The topological polar surface area (TPSA) is 16.6 Å². The first-order chi connectivity index (χ1) is 6.95. The molecule has 1 atom stereocenters. The highest BCUT2D eigenvalue weighted by Crippen LogP contribution is 2.09. The first-order valence-corrected chi connectivity index (χ1v) is 5.82. The number of quaternary nitrogens is 1. The van der Waals surface area contributed by atoms with Gasteiger partial charge in [0.15, 0.2) is 0 Å². The van der Waals surface area contributed by atoms with Crippen LogP contribution in [0, 0.1) is 0 Å². The molecule has 1 heterocycles. The fraction of sp³-hybridized carbons (Fsp3) is 0.538.